The van der Waals surface area contributed by atoms with Crippen LogP contribution in [-0.4, -0.2) is 37.8 Å². The van der Waals surface area contributed by atoms with Crippen LogP contribution in [0.15, 0.2) is 22.8 Å². The molecule has 0 bridgehead atoms. The number of carbonyl (C=O) groups excluding carboxylic acids is 2. The molecule has 0 radical (unpaired) electrons. The molecular weight excluding hydrogens is 488 g/mol. The van der Waals surface area contributed by atoms with Gasteiger partial charge in [0.1, 0.15) is 22.5 Å². The first kappa shape index (κ1) is 23.3. The summed E-state index contributed by atoms with van der Waals surface area (Å²) in [5.74, 6) is 0.682. The first-order valence-corrected chi connectivity index (χ1v) is 10.7. The largest absolute Gasteiger partial charge is 0.443 e. The molecule has 0 aliphatic carbocycles. The third-order valence-electron chi connectivity index (χ3n) is 4.02. The van der Waals surface area contributed by atoms with Gasteiger partial charge in [-0.2, -0.15) is 4.90 Å². The summed E-state index contributed by atoms with van der Waals surface area (Å²) in [4.78, 5) is 35.9. The Morgan fingerprint density at radius 1 is 1.03 bits per heavy atom. The van der Waals surface area contributed by atoms with Crippen LogP contribution in [0.3, 0.4) is 0 Å². The van der Waals surface area contributed by atoms with Gasteiger partial charge in [-0.25, -0.2) is 19.6 Å². The Balaban J connectivity index is 2.31. The molecule has 10 heteroatoms. The van der Waals surface area contributed by atoms with E-state index in [1.54, 1.807) is 64.3 Å². The number of imide groups is 1. The first-order valence-electron chi connectivity index (χ1n) is 9.57. The van der Waals surface area contributed by atoms with Crippen LogP contribution in [0.4, 0.5) is 15.4 Å². The molecular formula is C21H24BrClN4O4. The Kier molecular flexibility index (Phi) is 5.96. The molecule has 166 valence electrons. The maximum absolute atomic E-state index is 13.1. The molecule has 8 nitrogen and oxygen atoms in total. The van der Waals surface area contributed by atoms with Crippen LogP contribution < -0.4 is 4.90 Å². The SMILES string of the molecule is Cc1ncc2c(N(C(=O)OC(C)(C)C)C(=O)OC(C)(C)C)nc3cc(Cl)c(Br)cc3n12. The average molecular weight is 512 g/mol. The van der Waals surface area contributed by atoms with Gasteiger partial charge in [-0.1, -0.05) is 11.6 Å². The van der Waals surface area contributed by atoms with E-state index in [1.807, 2.05) is 6.92 Å². The summed E-state index contributed by atoms with van der Waals surface area (Å²) >= 11 is 9.70. The van der Waals surface area contributed by atoms with Crippen LogP contribution in [0.5, 0.6) is 0 Å². The van der Waals surface area contributed by atoms with Crippen molar-refractivity contribution in [2.45, 2.75) is 59.7 Å². The molecule has 0 atom stereocenters. The lowest BCUT2D eigenvalue weighted by Crippen LogP contribution is -2.44. The number of nitrogens with zero attached hydrogens (tertiary/aromatic N) is 4. The molecule has 0 saturated heterocycles. The second kappa shape index (κ2) is 7.94. The molecule has 2 amide bonds. The summed E-state index contributed by atoms with van der Waals surface area (Å²) in [6, 6.07) is 3.45. The lowest BCUT2D eigenvalue weighted by Gasteiger charge is -2.28. The number of hydrogen-bond donors (Lipinski definition) is 0. The number of rotatable bonds is 1. The van der Waals surface area contributed by atoms with Gasteiger partial charge in [0.15, 0.2) is 5.82 Å². The molecule has 3 rings (SSSR count). The summed E-state index contributed by atoms with van der Waals surface area (Å²) in [6.07, 6.45) is -0.267. The third kappa shape index (κ3) is 4.93. The minimum Gasteiger partial charge on any atom is -0.443 e. The minimum atomic E-state index is -0.905. The minimum absolute atomic E-state index is 0.0370. The Bertz CT molecular complexity index is 1170. The highest BCUT2D eigenvalue weighted by molar-refractivity contribution is 9.10. The van der Waals surface area contributed by atoms with Crippen LogP contribution in [0.2, 0.25) is 5.02 Å². The van der Waals surface area contributed by atoms with Gasteiger partial charge in [-0.3, -0.25) is 4.40 Å². The molecule has 0 saturated carbocycles. The van der Waals surface area contributed by atoms with Crippen molar-refractivity contribution < 1.29 is 19.1 Å². The molecule has 0 spiro atoms. The maximum atomic E-state index is 13.1. The zero-order chi connectivity index (χ0) is 23.3. The summed E-state index contributed by atoms with van der Waals surface area (Å²) in [6.45, 7) is 12.1. The van der Waals surface area contributed by atoms with Gasteiger partial charge in [0.05, 0.1) is 22.3 Å². The normalized spacial score (nSPS) is 12.3. The Morgan fingerprint density at radius 3 is 2.10 bits per heavy atom. The number of amides is 2. The number of fused-ring (bicyclic) bond motifs is 3. The molecule has 2 aromatic heterocycles. The average Bonchev–Trinajstić information content (AvgIpc) is 2.96. The fourth-order valence-corrected chi connectivity index (χ4v) is 3.39. The molecule has 0 fully saturated rings. The van der Waals surface area contributed by atoms with Gasteiger partial charge >= 0.3 is 12.2 Å². The van der Waals surface area contributed by atoms with Crippen LogP contribution in [0.1, 0.15) is 47.4 Å². The fraction of sp³-hybridized carbons (Fsp3) is 0.429. The van der Waals surface area contributed by atoms with Crippen molar-refractivity contribution in [3.05, 3.63) is 33.6 Å². The third-order valence-corrected chi connectivity index (χ3v) is 5.21. The summed E-state index contributed by atoms with van der Waals surface area (Å²) in [5.41, 5.74) is -0.0629. The number of hydrogen-bond acceptors (Lipinski definition) is 6. The van der Waals surface area contributed by atoms with Crippen LogP contribution in [0.25, 0.3) is 16.6 Å². The number of halogens is 2. The molecule has 0 aliphatic heterocycles. The molecule has 3 aromatic rings. The maximum Gasteiger partial charge on any atom is 0.425 e. The van der Waals surface area contributed by atoms with Gasteiger partial charge in [0.25, 0.3) is 0 Å². The van der Waals surface area contributed by atoms with E-state index in [1.165, 1.54) is 0 Å². The van der Waals surface area contributed by atoms with Crippen molar-refractivity contribution in [3.63, 3.8) is 0 Å². The molecule has 31 heavy (non-hydrogen) atoms. The summed E-state index contributed by atoms with van der Waals surface area (Å²) in [7, 11) is 0. The second-order valence-electron chi connectivity index (χ2n) is 9.01. The zero-order valence-electron chi connectivity index (χ0n) is 18.4. The van der Waals surface area contributed by atoms with E-state index >= 15 is 0 Å². The number of aromatic nitrogens is 3. The first-order chi connectivity index (χ1) is 14.2. The molecule has 0 unspecified atom stereocenters. The number of anilines is 1. The molecule has 0 aliphatic rings. The fourth-order valence-electron chi connectivity index (χ4n) is 2.90. The van der Waals surface area contributed by atoms with Gasteiger partial charge < -0.3 is 9.47 Å². The van der Waals surface area contributed by atoms with Crippen molar-refractivity contribution in [2.24, 2.45) is 0 Å². The number of carbonyl (C=O) groups is 2. The second-order valence-corrected chi connectivity index (χ2v) is 10.3. The smallest absolute Gasteiger partial charge is 0.425 e. The van der Waals surface area contributed by atoms with Crippen LogP contribution >= 0.6 is 27.5 Å². The van der Waals surface area contributed by atoms with Crippen molar-refractivity contribution in [3.8, 4) is 0 Å². The molecule has 2 heterocycles. The highest BCUT2D eigenvalue weighted by Crippen LogP contribution is 2.33. The number of imidazole rings is 1. The summed E-state index contributed by atoms with van der Waals surface area (Å²) < 4.78 is 13.4. The van der Waals surface area contributed by atoms with Crippen molar-refractivity contribution in [2.75, 3.05) is 4.90 Å². The van der Waals surface area contributed by atoms with Gasteiger partial charge in [-0.05, 0) is 76.5 Å². The van der Waals surface area contributed by atoms with Crippen molar-refractivity contribution >= 4 is 62.1 Å². The molecule has 0 N–H and O–H groups in total. The lowest BCUT2D eigenvalue weighted by atomic mass is 10.2. The van der Waals surface area contributed by atoms with E-state index in [-0.39, 0.29) is 5.82 Å². The number of benzene rings is 1. The Hall–Kier alpha value is -2.39. The van der Waals surface area contributed by atoms with E-state index < -0.39 is 23.4 Å². The van der Waals surface area contributed by atoms with E-state index in [4.69, 9.17) is 21.1 Å². The molecule has 1 aromatic carbocycles. The van der Waals surface area contributed by atoms with Crippen LogP contribution in [-0.2, 0) is 9.47 Å². The topological polar surface area (TPSA) is 86.0 Å². The van der Waals surface area contributed by atoms with E-state index in [0.29, 0.717) is 31.9 Å². The highest BCUT2D eigenvalue weighted by atomic mass is 79.9. The van der Waals surface area contributed by atoms with E-state index in [9.17, 15) is 9.59 Å². The Morgan fingerprint density at radius 2 is 1.58 bits per heavy atom. The predicted octanol–water partition coefficient (Wildman–Crippen LogP) is 6.28. The van der Waals surface area contributed by atoms with Gasteiger partial charge in [0.2, 0.25) is 0 Å². The van der Waals surface area contributed by atoms with Gasteiger partial charge in [-0.15, -0.1) is 0 Å². The Labute approximate surface area is 193 Å². The number of ether oxygens (including phenoxy) is 2. The lowest BCUT2D eigenvalue weighted by molar-refractivity contribution is 0.0429. The highest BCUT2D eigenvalue weighted by Gasteiger charge is 2.35. The summed E-state index contributed by atoms with van der Waals surface area (Å²) in [5, 5.41) is 0.434. The monoisotopic (exact) mass is 510 g/mol. The van der Waals surface area contributed by atoms with E-state index in [0.717, 1.165) is 4.90 Å². The van der Waals surface area contributed by atoms with Crippen molar-refractivity contribution in [1.82, 2.24) is 14.4 Å². The zero-order valence-corrected chi connectivity index (χ0v) is 20.8. The predicted molar refractivity (Wildman–Crippen MR) is 123 cm³/mol. The van der Waals surface area contributed by atoms with Crippen LogP contribution in [0, 0.1) is 6.92 Å². The standard InChI is InChI=1S/C21H24BrClN4O4/c1-11-24-10-16-17(25-14-9-13(23)12(22)8-15(14)26(11)16)27(18(28)30-20(2,3)4)19(29)31-21(5,6)7/h8-10H,1-7H3. The number of aryl methyl sites for hydroxylation is 1. The van der Waals surface area contributed by atoms with E-state index in [2.05, 4.69) is 25.9 Å². The van der Waals surface area contributed by atoms with Gasteiger partial charge in [0, 0.05) is 4.47 Å². The van der Waals surface area contributed by atoms with Crippen molar-refractivity contribution in [1.29, 1.82) is 0 Å². The quantitative estimate of drug-likeness (QED) is 0.382.